The lowest BCUT2D eigenvalue weighted by Crippen LogP contribution is -2.31. The number of furan rings is 1. The second-order valence-electron chi connectivity index (χ2n) is 6.96. The van der Waals surface area contributed by atoms with Gasteiger partial charge in [-0.1, -0.05) is 30.0 Å². The summed E-state index contributed by atoms with van der Waals surface area (Å²) in [6, 6.07) is 14.7. The Morgan fingerprint density at radius 1 is 1.24 bits per heavy atom. The third kappa shape index (κ3) is 5.16. The monoisotopic (exact) mass is 477 g/mol. The molecule has 3 aromatic rings. The van der Waals surface area contributed by atoms with Crippen LogP contribution in [-0.4, -0.2) is 22.6 Å². The average Bonchev–Trinajstić information content (AvgIpc) is 3.52. The van der Waals surface area contributed by atoms with Crippen LogP contribution in [0.3, 0.4) is 0 Å². The van der Waals surface area contributed by atoms with E-state index in [-0.39, 0.29) is 17.6 Å². The van der Waals surface area contributed by atoms with E-state index in [4.69, 9.17) is 4.42 Å². The maximum atomic E-state index is 13.2. The zero-order valence-corrected chi connectivity index (χ0v) is 19.1. The minimum Gasteiger partial charge on any atom is -0.468 e. The van der Waals surface area contributed by atoms with Crippen LogP contribution >= 0.6 is 23.1 Å². The van der Waals surface area contributed by atoms with E-state index in [0.717, 1.165) is 0 Å². The van der Waals surface area contributed by atoms with Crippen LogP contribution < -0.4 is 16.0 Å². The summed E-state index contributed by atoms with van der Waals surface area (Å²) < 4.78 is 5.61. The number of hydrogen-bond acceptors (Lipinski definition) is 8. The number of thiazole rings is 1. The number of thioether (sulfide) groups is 1. The van der Waals surface area contributed by atoms with Crippen LogP contribution in [0.4, 0.5) is 10.8 Å². The number of carbonyl (C=O) groups is 2. The SMILES string of the molecule is CC1=C(C(=O)Nc2ccccc2)[C@H](c2ccco2)C(C#N)=C(SCC(=O)Nc2nccs2)N1. The molecule has 1 atom stereocenters. The van der Waals surface area contributed by atoms with Gasteiger partial charge in [0.1, 0.15) is 5.76 Å². The number of rotatable bonds is 7. The summed E-state index contributed by atoms with van der Waals surface area (Å²) >= 11 is 2.51. The molecule has 3 N–H and O–H groups in total. The predicted octanol–water partition coefficient (Wildman–Crippen LogP) is 4.44. The Morgan fingerprint density at radius 3 is 2.73 bits per heavy atom. The van der Waals surface area contributed by atoms with Gasteiger partial charge in [-0.2, -0.15) is 5.26 Å². The molecule has 0 unspecified atom stereocenters. The molecule has 2 aromatic heterocycles. The van der Waals surface area contributed by atoms with Crippen LogP contribution in [-0.2, 0) is 9.59 Å². The Labute approximate surface area is 198 Å². The first kappa shape index (κ1) is 22.4. The van der Waals surface area contributed by atoms with Crippen molar-refractivity contribution in [3.63, 3.8) is 0 Å². The molecule has 4 rings (SSSR count). The van der Waals surface area contributed by atoms with E-state index < -0.39 is 5.92 Å². The van der Waals surface area contributed by atoms with Gasteiger partial charge >= 0.3 is 0 Å². The first-order valence-corrected chi connectivity index (χ1v) is 11.8. The second-order valence-corrected chi connectivity index (χ2v) is 8.84. The summed E-state index contributed by atoms with van der Waals surface area (Å²) in [5.74, 6) is -0.761. The number of carbonyl (C=O) groups excluding carboxylic acids is 2. The molecule has 2 amide bonds. The molecule has 0 bridgehead atoms. The molecule has 0 radical (unpaired) electrons. The Bertz CT molecular complexity index is 1240. The minimum atomic E-state index is -0.709. The van der Waals surface area contributed by atoms with Gasteiger partial charge in [0.2, 0.25) is 5.91 Å². The number of amides is 2. The number of allylic oxidation sites excluding steroid dienone is 2. The van der Waals surface area contributed by atoms with Gasteiger partial charge in [0.25, 0.3) is 5.91 Å². The number of para-hydroxylation sites is 1. The lowest BCUT2D eigenvalue weighted by atomic mass is 9.85. The fourth-order valence-electron chi connectivity index (χ4n) is 3.37. The summed E-state index contributed by atoms with van der Waals surface area (Å²) in [7, 11) is 0. The quantitative estimate of drug-likeness (QED) is 0.460. The second kappa shape index (κ2) is 10.2. The molecule has 1 aliphatic rings. The number of dihydropyridines is 1. The third-order valence-electron chi connectivity index (χ3n) is 4.78. The van der Waals surface area contributed by atoms with Crippen molar-refractivity contribution in [2.45, 2.75) is 12.8 Å². The summed E-state index contributed by atoms with van der Waals surface area (Å²) in [5.41, 5.74) is 1.90. The largest absolute Gasteiger partial charge is 0.468 e. The van der Waals surface area contributed by atoms with Crippen molar-refractivity contribution < 1.29 is 14.0 Å². The molecule has 0 aliphatic carbocycles. The summed E-state index contributed by atoms with van der Waals surface area (Å²) in [5, 5.41) is 21.5. The third-order valence-corrected chi connectivity index (χ3v) is 6.48. The molecule has 3 heterocycles. The summed E-state index contributed by atoms with van der Waals surface area (Å²) in [6.45, 7) is 1.76. The first-order valence-electron chi connectivity index (χ1n) is 9.91. The van der Waals surface area contributed by atoms with Crippen molar-refractivity contribution in [3.05, 3.63) is 87.9 Å². The average molecular weight is 478 g/mol. The smallest absolute Gasteiger partial charge is 0.254 e. The van der Waals surface area contributed by atoms with Gasteiger partial charge in [-0.3, -0.25) is 9.59 Å². The highest BCUT2D eigenvalue weighted by molar-refractivity contribution is 8.03. The molecule has 8 nitrogen and oxygen atoms in total. The van der Waals surface area contributed by atoms with Gasteiger partial charge in [0.15, 0.2) is 5.13 Å². The Balaban J connectivity index is 1.60. The van der Waals surface area contributed by atoms with E-state index in [1.54, 1.807) is 42.8 Å². The number of anilines is 2. The summed E-state index contributed by atoms with van der Waals surface area (Å²) in [4.78, 5) is 29.6. The maximum absolute atomic E-state index is 13.2. The number of aromatic nitrogens is 1. The highest BCUT2D eigenvalue weighted by atomic mass is 32.2. The number of nitriles is 1. The predicted molar refractivity (Wildman–Crippen MR) is 128 cm³/mol. The van der Waals surface area contributed by atoms with Crippen LogP contribution in [0.1, 0.15) is 18.6 Å². The van der Waals surface area contributed by atoms with Crippen LogP contribution in [0, 0.1) is 11.3 Å². The first-order chi connectivity index (χ1) is 16.1. The number of benzene rings is 1. The molecule has 0 saturated heterocycles. The fourth-order valence-corrected chi connectivity index (χ4v) is 4.80. The molecule has 1 aliphatic heterocycles. The highest BCUT2D eigenvalue weighted by Gasteiger charge is 2.36. The van der Waals surface area contributed by atoms with Crippen LogP contribution in [0.25, 0.3) is 0 Å². The molecule has 10 heteroatoms. The Hall–Kier alpha value is -3.81. The molecule has 0 fully saturated rings. The molecule has 0 saturated carbocycles. The minimum absolute atomic E-state index is 0.0663. The van der Waals surface area contributed by atoms with E-state index in [9.17, 15) is 14.9 Å². The molecular weight excluding hydrogens is 458 g/mol. The van der Waals surface area contributed by atoms with Crippen molar-refractivity contribution in [1.82, 2.24) is 10.3 Å². The molecule has 166 valence electrons. The van der Waals surface area contributed by atoms with E-state index in [1.807, 2.05) is 18.2 Å². The van der Waals surface area contributed by atoms with Crippen molar-refractivity contribution >= 4 is 45.7 Å². The van der Waals surface area contributed by atoms with Gasteiger partial charge in [-0.25, -0.2) is 4.98 Å². The lowest BCUT2D eigenvalue weighted by Gasteiger charge is -2.28. The molecule has 0 spiro atoms. The normalized spacial score (nSPS) is 15.6. The molecule has 1 aromatic carbocycles. The molecule has 33 heavy (non-hydrogen) atoms. The van der Waals surface area contributed by atoms with Gasteiger partial charge < -0.3 is 20.4 Å². The van der Waals surface area contributed by atoms with E-state index in [2.05, 4.69) is 27.0 Å². The van der Waals surface area contributed by atoms with Crippen molar-refractivity contribution in [2.24, 2.45) is 0 Å². The highest BCUT2D eigenvalue weighted by Crippen LogP contribution is 2.41. The van der Waals surface area contributed by atoms with Crippen molar-refractivity contribution in [1.29, 1.82) is 5.26 Å². The van der Waals surface area contributed by atoms with Crippen LogP contribution in [0.2, 0.25) is 0 Å². The fraction of sp³-hybridized carbons (Fsp3) is 0.130. The van der Waals surface area contributed by atoms with Gasteiger partial charge in [-0.05, 0) is 31.2 Å². The lowest BCUT2D eigenvalue weighted by molar-refractivity contribution is -0.114. The number of nitrogens with zero attached hydrogens (tertiary/aromatic N) is 2. The van der Waals surface area contributed by atoms with Crippen molar-refractivity contribution in [2.75, 3.05) is 16.4 Å². The van der Waals surface area contributed by atoms with E-state index in [1.165, 1.54) is 29.4 Å². The van der Waals surface area contributed by atoms with Crippen LogP contribution in [0.15, 0.2) is 86.6 Å². The van der Waals surface area contributed by atoms with Gasteiger partial charge in [0.05, 0.1) is 40.2 Å². The van der Waals surface area contributed by atoms with Gasteiger partial charge in [0, 0.05) is 23.0 Å². The van der Waals surface area contributed by atoms with E-state index in [0.29, 0.717) is 38.5 Å². The van der Waals surface area contributed by atoms with E-state index >= 15 is 0 Å². The standard InChI is InChI=1S/C23H19N5O3S2/c1-14-19(21(30)27-15-6-3-2-4-7-15)20(17-8-5-10-31-17)16(12-24)22(26-14)33-13-18(29)28-23-25-9-11-32-23/h2-11,20,26H,13H2,1H3,(H,27,30)(H,25,28,29)/t20-/m0/s1. The number of hydrogen-bond donors (Lipinski definition) is 3. The Morgan fingerprint density at radius 2 is 2.06 bits per heavy atom. The number of nitrogens with one attached hydrogen (secondary N) is 3. The topological polar surface area (TPSA) is 120 Å². The Kier molecular flexibility index (Phi) is 6.92. The molecular formula is C23H19N5O3S2. The zero-order valence-electron chi connectivity index (χ0n) is 17.5. The van der Waals surface area contributed by atoms with Gasteiger partial charge in [-0.15, -0.1) is 11.3 Å². The van der Waals surface area contributed by atoms with Crippen molar-refractivity contribution in [3.8, 4) is 6.07 Å². The summed E-state index contributed by atoms with van der Waals surface area (Å²) in [6.07, 6.45) is 3.11. The maximum Gasteiger partial charge on any atom is 0.254 e. The van der Waals surface area contributed by atoms with Crippen LogP contribution in [0.5, 0.6) is 0 Å². The zero-order chi connectivity index (χ0) is 23.2.